The lowest BCUT2D eigenvalue weighted by Crippen LogP contribution is -2.02. The smallest absolute Gasteiger partial charge is 0.302 e. The maximum atomic E-state index is 12.2. The molecule has 0 fully saturated rings. The van der Waals surface area contributed by atoms with Gasteiger partial charge in [0.15, 0.2) is 0 Å². The highest BCUT2D eigenvalue weighted by atomic mass is 32.3. The molecule has 0 bridgehead atoms. The summed E-state index contributed by atoms with van der Waals surface area (Å²) in [5.41, 5.74) is 0.679. The highest BCUT2D eigenvalue weighted by molar-refractivity contribution is 7.86. The van der Waals surface area contributed by atoms with E-state index in [4.69, 9.17) is 4.74 Å². The molecule has 0 spiro atoms. The predicted molar refractivity (Wildman–Crippen MR) is 49.4 cm³/mol. The van der Waals surface area contributed by atoms with E-state index < -0.39 is 16.0 Å². The molecule has 0 N–H and O–H groups in total. The molecule has 0 aliphatic carbocycles. The van der Waals surface area contributed by atoms with Crippen molar-refractivity contribution in [1.82, 2.24) is 4.98 Å². The van der Waals surface area contributed by atoms with Crippen molar-refractivity contribution in [2.24, 2.45) is 0 Å². The maximum absolute atomic E-state index is 12.2. The number of aromatic nitrogens is 1. The van der Waals surface area contributed by atoms with Crippen molar-refractivity contribution in [3.05, 3.63) is 23.9 Å². The van der Waals surface area contributed by atoms with Gasteiger partial charge in [-0.3, -0.25) is 0 Å². The van der Waals surface area contributed by atoms with E-state index in [1.54, 1.807) is 12.1 Å². The fourth-order valence-corrected chi connectivity index (χ4v) is 1.44. The van der Waals surface area contributed by atoms with Crippen LogP contribution >= 0.6 is 0 Å². The van der Waals surface area contributed by atoms with Crippen LogP contribution in [0.4, 0.5) is 3.89 Å². The van der Waals surface area contributed by atoms with Crippen LogP contribution in [0.2, 0.25) is 0 Å². The summed E-state index contributed by atoms with van der Waals surface area (Å²) in [5.74, 6) is -0.126. The Balaban J connectivity index is 2.68. The van der Waals surface area contributed by atoms with Gasteiger partial charge in [-0.05, 0) is 18.1 Å². The number of methoxy groups -OCH3 is 1. The van der Waals surface area contributed by atoms with E-state index in [1.807, 2.05) is 0 Å². The van der Waals surface area contributed by atoms with E-state index in [0.29, 0.717) is 11.4 Å². The van der Waals surface area contributed by atoms with Crippen LogP contribution in [0.25, 0.3) is 0 Å². The summed E-state index contributed by atoms with van der Waals surface area (Å²) in [6.45, 7) is 0. The number of pyridine rings is 1. The Morgan fingerprint density at radius 2 is 2.29 bits per heavy atom. The van der Waals surface area contributed by atoms with Crippen LogP contribution in [-0.4, -0.2) is 26.3 Å². The first kappa shape index (κ1) is 10.9. The van der Waals surface area contributed by atoms with Crippen LogP contribution in [0.15, 0.2) is 18.3 Å². The standard InChI is InChI=1S/C8H10FNO3S/c1-13-8-6-7(2-4-10-8)3-5-14(9,11)12/h2,4,6H,3,5H2,1H3. The fraction of sp³-hybridized carbons (Fsp3) is 0.375. The van der Waals surface area contributed by atoms with Gasteiger partial charge in [0, 0.05) is 12.3 Å². The van der Waals surface area contributed by atoms with E-state index in [1.165, 1.54) is 13.3 Å². The summed E-state index contributed by atoms with van der Waals surface area (Å²) in [4.78, 5) is 3.84. The second-order valence-electron chi connectivity index (χ2n) is 2.70. The fourth-order valence-electron chi connectivity index (χ4n) is 0.957. The van der Waals surface area contributed by atoms with E-state index >= 15 is 0 Å². The first-order valence-electron chi connectivity index (χ1n) is 3.92. The van der Waals surface area contributed by atoms with Crippen LogP contribution in [0.3, 0.4) is 0 Å². The van der Waals surface area contributed by atoms with Gasteiger partial charge in [-0.15, -0.1) is 3.89 Å². The van der Waals surface area contributed by atoms with Gasteiger partial charge in [0.1, 0.15) is 0 Å². The summed E-state index contributed by atoms with van der Waals surface area (Å²) >= 11 is 0. The molecular formula is C8H10FNO3S. The van der Waals surface area contributed by atoms with E-state index in [-0.39, 0.29) is 6.42 Å². The SMILES string of the molecule is COc1cc(CCS(=O)(=O)F)ccn1. The van der Waals surface area contributed by atoms with Crippen molar-refractivity contribution >= 4 is 10.2 Å². The number of halogens is 1. The molecule has 6 heteroatoms. The molecular weight excluding hydrogens is 209 g/mol. The minimum atomic E-state index is -4.40. The van der Waals surface area contributed by atoms with Crippen LogP contribution in [-0.2, 0) is 16.6 Å². The summed E-state index contributed by atoms with van der Waals surface area (Å²) in [7, 11) is -2.95. The monoisotopic (exact) mass is 219 g/mol. The molecule has 0 saturated carbocycles. The molecule has 1 aromatic rings. The molecule has 0 unspecified atom stereocenters. The van der Waals surface area contributed by atoms with Crippen LogP contribution in [0.1, 0.15) is 5.56 Å². The first-order chi connectivity index (χ1) is 6.51. The molecule has 1 heterocycles. The zero-order valence-corrected chi connectivity index (χ0v) is 8.42. The van der Waals surface area contributed by atoms with E-state index in [9.17, 15) is 12.3 Å². The Morgan fingerprint density at radius 3 is 2.86 bits per heavy atom. The third kappa shape index (κ3) is 3.69. The lowest BCUT2D eigenvalue weighted by Gasteiger charge is -2.01. The Bertz CT molecular complexity index is 405. The molecule has 0 aromatic carbocycles. The number of nitrogens with zero attached hydrogens (tertiary/aromatic N) is 1. The predicted octanol–water partition coefficient (Wildman–Crippen LogP) is 0.932. The van der Waals surface area contributed by atoms with Crippen molar-refractivity contribution < 1.29 is 17.0 Å². The normalized spacial score (nSPS) is 11.3. The highest BCUT2D eigenvalue weighted by Gasteiger charge is 2.07. The minimum absolute atomic E-state index is 0.123. The Hall–Kier alpha value is -1.17. The number of ether oxygens (including phenoxy) is 1. The second-order valence-corrected chi connectivity index (χ2v) is 4.19. The third-order valence-electron chi connectivity index (χ3n) is 1.64. The largest absolute Gasteiger partial charge is 0.481 e. The Kier molecular flexibility index (Phi) is 3.40. The van der Waals surface area contributed by atoms with Crippen LogP contribution in [0.5, 0.6) is 5.88 Å². The van der Waals surface area contributed by atoms with Crippen LogP contribution in [0, 0.1) is 0 Å². The van der Waals surface area contributed by atoms with Gasteiger partial charge < -0.3 is 4.74 Å². The summed E-state index contributed by atoms with van der Waals surface area (Å²) in [5, 5.41) is 0. The molecule has 0 radical (unpaired) electrons. The van der Waals surface area contributed by atoms with Crippen molar-refractivity contribution in [2.75, 3.05) is 12.9 Å². The average molecular weight is 219 g/mol. The lowest BCUT2D eigenvalue weighted by atomic mass is 10.2. The number of hydrogen-bond acceptors (Lipinski definition) is 4. The van der Waals surface area contributed by atoms with Gasteiger partial charge in [-0.2, -0.15) is 8.42 Å². The van der Waals surface area contributed by atoms with Crippen molar-refractivity contribution in [3.8, 4) is 5.88 Å². The summed E-state index contributed by atoms with van der Waals surface area (Å²) < 4.78 is 37.5. The van der Waals surface area contributed by atoms with Crippen LogP contribution < -0.4 is 4.74 Å². The Morgan fingerprint density at radius 1 is 1.57 bits per heavy atom. The van der Waals surface area contributed by atoms with Gasteiger partial charge >= 0.3 is 10.2 Å². The molecule has 14 heavy (non-hydrogen) atoms. The third-order valence-corrected chi connectivity index (χ3v) is 2.33. The molecule has 0 aliphatic heterocycles. The number of rotatable bonds is 4. The van der Waals surface area contributed by atoms with E-state index in [2.05, 4.69) is 4.98 Å². The molecule has 78 valence electrons. The number of hydrogen-bond donors (Lipinski definition) is 0. The van der Waals surface area contributed by atoms with Crippen molar-refractivity contribution in [2.45, 2.75) is 6.42 Å². The molecule has 0 aliphatic rings. The number of aryl methyl sites for hydroxylation is 1. The molecule has 0 amide bonds. The Labute approximate surface area is 81.9 Å². The first-order valence-corrected chi connectivity index (χ1v) is 5.48. The summed E-state index contributed by atoms with van der Waals surface area (Å²) in [6, 6.07) is 3.19. The molecule has 1 aromatic heterocycles. The van der Waals surface area contributed by atoms with Gasteiger partial charge in [0.25, 0.3) is 0 Å². The zero-order chi connectivity index (χ0) is 10.6. The molecule has 0 atom stereocenters. The van der Waals surface area contributed by atoms with E-state index in [0.717, 1.165) is 0 Å². The lowest BCUT2D eigenvalue weighted by molar-refractivity contribution is 0.397. The van der Waals surface area contributed by atoms with Crippen molar-refractivity contribution in [3.63, 3.8) is 0 Å². The highest BCUT2D eigenvalue weighted by Crippen LogP contribution is 2.10. The minimum Gasteiger partial charge on any atom is -0.481 e. The van der Waals surface area contributed by atoms with Gasteiger partial charge in [-0.1, -0.05) is 0 Å². The molecule has 0 saturated heterocycles. The zero-order valence-electron chi connectivity index (χ0n) is 7.60. The molecule has 4 nitrogen and oxygen atoms in total. The average Bonchev–Trinajstić information content (AvgIpc) is 2.14. The second kappa shape index (κ2) is 4.36. The topological polar surface area (TPSA) is 56.3 Å². The quantitative estimate of drug-likeness (QED) is 0.707. The van der Waals surface area contributed by atoms with Gasteiger partial charge in [0.05, 0.1) is 12.9 Å². The maximum Gasteiger partial charge on any atom is 0.302 e. The van der Waals surface area contributed by atoms with Crippen molar-refractivity contribution in [1.29, 1.82) is 0 Å². The molecule has 1 rings (SSSR count). The van der Waals surface area contributed by atoms with Gasteiger partial charge in [0.2, 0.25) is 5.88 Å². The van der Waals surface area contributed by atoms with Gasteiger partial charge in [-0.25, -0.2) is 4.98 Å². The summed E-state index contributed by atoms with van der Waals surface area (Å²) in [6.07, 6.45) is 1.61.